The SMILES string of the molecule is c1ccc2cc3c(cc2c1)S3. The highest BCUT2D eigenvalue weighted by Gasteiger charge is 2.17. The average molecular weight is 158 g/mol. The van der Waals surface area contributed by atoms with Gasteiger partial charge in [0.25, 0.3) is 0 Å². The lowest BCUT2D eigenvalue weighted by Gasteiger charge is -1.91. The summed E-state index contributed by atoms with van der Waals surface area (Å²) in [6.07, 6.45) is 0. The highest BCUT2D eigenvalue weighted by molar-refractivity contribution is 8.05. The minimum Gasteiger partial charge on any atom is -0.0877 e. The fourth-order valence-corrected chi connectivity index (χ4v) is 2.03. The van der Waals surface area contributed by atoms with Gasteiger partial charge in [0.1, 0.15) is 0 Å². The van der Waals surface area contributed by atoms with Gasteiger partial charge in [0.2, 0.25) is 0 Å². The first kappa shape index (κ1) is 5.67. The van der Waals surface area contributed by atoms with E-state index in [-0.39, 0.29) is 0 Å². The highest BCUT2D eigenvalue weighted by atomic mass is 32.2. The second-order valence-corrected chi connectivity index (χ2v) is 3.83. The lowest BCUT2D eigenvalue weighted by Crippen LogP contribution is -1.66. The van der Waals surface area contributed by atoms with Crippen LogP contribution in [0.1, 0.15) is 0 Å². The Labute approximate surface area is 69.2 Å². The molecule has 0 saturated carbocycles. The van der Waals surface area contributed by atoms with Crippen molar-refractivity contribution in [1.82, 2.24) is 0 Å². The Bertz CT molecular complexity index is 391. The molecule has 0 saturated heterocycles. The highest BCUT2D eigenvalue weighted by Crippen LogP contribution is 2.49. The van der Waals surface area contributed by atoms with Gasteiger partial charge in [-0.1, -0.05) is 36.0 Å². The second-order valence-electron chi connectivity index (χ2n) is 2.75. The van der Waals surface area contributed by atoms with Crippen molar-refractivity contribution in [2.45, 2.75) is 9.79 Å². The van der Waals surface area contributed by atoms with E-state index in [0.29, 0.717) is 0 Å². The van der Waals surface area contributed by atoms with Crippen LogP contribution >= 0.6 is 11.8 Å². The fraction of sp³-hybridized carbons (Fsp3) is 0. The minimum absolute atomic E-state index is 1.36. The quantitative estimate of drug-likeness (QED) is 0.452. The van der Waals surface area contributed by atoms with Gasteiger partial charge in [-0.2, -0.15) is 0 Å². The van der Waals surface area contributed by atoms with Gasteiger partial charge in [0, 0.05) is 9.79 Å². The Morgan fingerprint density at radius 3 is 1.91 bits per heavy atom. The first-order valence-electron chi connectivity index (χ1n) is 3.64. The molecule has 0 amide bonds. The van der Waals surface area contributed by atoms with Gasteiger partial charge in [-0.05, 0) is 22.9 Å². The third kappa shape index (κ3) is 0.778. The predicted molar refractivity (Wildman–Crippen MR) is 48.1 cm³/mol. The van der Waals surface area contributed by atoms with Gasteiger partial charge in [-0.15, -0.1) is 0 Å². The molecule has 0 bridgehead atoms. The molecule has 1 aliphatic heterocycles. The van der Waals surface area contributed by atoms with E-state index >= 15 is 0 Å². The molecule has 0 atom stereocenters. The van der Waals surface area contributed by atoms with E-state index in [1.165, 1.54) is 20.6 Å². The molecule has 11 heavy (non-hydrogen) atoms. The molecule has 0 spiro atoms. The zero-order chi connectivity index (χ0) is 7.26. The molecule has 0 unspecified atom stereocenters. The van der Waals surface area contributed by atoms with Crippen molar-refractivity contribution < 1.29 is 0 Å². The van der Waals surface area contributed by atoms with Gasteiger partial charge in [-0.25, -0.2) is 0 Å². The van der Waals surface area contributed by atoms with E-state index in [9.17, 15) is 0 Å². The monoisotopic (exact) mass is 158 g/mol. The zero-order valence-corrected chi connectivity index (χ0v) is 6.69. The summed E-state index contributed by atoms with van der Waals surface area (Å²) in [7, 11) is 0. The van der Waals surface area contributed by atoms with Gasteiger partial charge < -0.3 is 0 Å². The Kier molecular flexibility index (Phi) is 0.928. The third-order valence-electron chi connectivity index (χ3n) is 1.99. The van der Waals surface area contributed by atoms with E-state index in [4.69, 9.17) is 0 Å². The van der Waals surface area contributed by atoms with E-state index in [1.807, 2.05) is 11.8 Å². The van der Waals surface area contributed by atoms with Crippen LogP contribution in [0.2, 0.25) is 0 Å². The molecule has 52 valence electrons. The van der Waals surface area contributed by atoms with Crippen molar-refractivity contribution in [3.8, 4) is 0 Å². The van der Waals surface area contributed by atoms with Gasteiger partial charge >= 0.3 is 0 Å². The van der Waals surface area contributed by atoms with Crippen molar-refractivity contribution in [2.24, 2.45) is 0 Å². The molecule has 0 radical (unpaired) electrons. The summed E-state index contributed by atoms with van der Waals surface area (Å²) in [5.41, 5.74) is 0. The van der Waals surface area contributed by atoms with Crippen LogP contribution in [0.25, 0.3) is 10.8 Å². The van der Waals surface area contributed by atoms with Crippen molar-refractivity contribution in [1.29, 1.82) is 0 Å². The Balaban J connectivity index is 2.51. The van der Waals surface area contributed by atoms with Crippen LogP contribution in [0, 0.1) is 0 Å². The van der Waals surface area contributed by atoms with Crippen molar-refractivity contribution in [2.75, 3.05) is 0 Å². The topological polar surface area (TPSA) is 0 Å². The Hall–Kier alpha value is -0.950. The molecular weight excluding hydrogens is 152 g/mol. The lowest BCUT2D eigenvalue weighted by molar-refractivity contribution is 1.42. The molecule has 1 heteroatoms. The molecule has 2 aromatic rings. The summed E-state index contributed by atoms with van der Waals surface area (Å²) in [4.78, 5) is 2.90. The maximum atomic E-state index is 2.26. The number of hydrogen-bond donors (Lipinski definition) is 0. The maximum Gasteiger partial charge on any atom is 0.0268 e. The summed E-state index contributed by atoms with van der Waals surface area (Å²) in [6.45, 7) is 0. The smallest absolute Gasteiger partial charge is 0.0268 e. The van der Waals surface area contributed by atoms with Crippen LogP contribution in [0.5, 0.6) is 0 Å². The first-order valence-corrected chi connectivity index (χ1v) is 4.46. The van der Waals surface area contributed by atoms with Crippen LogP contribution in [0.3, 0.4) is 0 Å². The van der Waals surface area contributed by atoms with Crippen LogP contribution in [-0.2, 0) is 0 Å². The molecule has 1 aliphatic rings. The van der Waals surface area contributed by atoms with Crippen LogP contribution < -0.4 is 0 Å². The molecule has 0 N–H and O–H groups in total. The normalized spacial score (nSPS) is 13.1. The Morgan fingerprint density at radius 1 is 0.818 bits per heavy atom. The van der Waals surface area contributed by atoms with Gasteiger partial charge in [-0.3, -0.25) is 0 Å². The maximum absolute atomic E-state index is 2.26. The van der Waals surface area contributed by atoms with E-state index in [0.717, 1.165) is 0 Å². The summed E-state index contributed by atoms with van der Waals surface area (Å²) in [5, 5.41) is 2.72. The van der Waals surface area contributed by atoms with Crippen LogP contribution in [0.4, 0.5) is 0 Å². The average Bonchev–Trinajstić information content (AvgIpc) is 2.77. The zero-order valence-electron chi connectivity index (χ0n) is 5.87. The Morgan fingerprint density at radius 2 is 1.36 bits per heavy atom. The van der Waals surface area contributed by atoms with Crippen molar-refractivity contribution >= 4 is 22.5 Å². The van der Waals surface area contributed by atoms with E-state index < -0.39 is 0 Å². The summed E-state index contributed by atoms with van der Waals surface area (Å²) >= 11 is 1.88. The third-order valence-corrected chi connectivity index (χ3v) is 2.90. The van der Waals surface area contributed by atoms with Crippen LogP contribution in [-0.4, -0.2) is 0 Å². The van der Waals surface area contributed by atoms with E-state index in [2.05, 4.69) is 36.4 Å². The van der Waals surface area contributed by atoms with Gasteiger partial charge in [0.05, 0.1) is 0 Å². The van der Waals surface area contributed by atoms with Crippen molar-refractivity contribution in [3.05, 3.63) is 36.4 Å². The standard InChI is InChI=1S/C10H6S/c1-2-4-8-6-10-9(11-10)5-7(8)3-1/h1-6H. The molecular formula is C10H6S. The molecule has 0 aromatic heterocycles. The molecule has 0 fully saturated rings. The second kappa shape index (κ2) is 1.80. The molecule has 0 aliphatic carbocycles. The fourth-order valence-electron chi connectivity index (χ4n) is 1.35. The summed E-state index contributed by atoms with van der Waals surface area (Å²) in [6, 6.07) is 13.0. The molecule has 0 nitrogen and oxygen atoms in total. The number of benzene rings is 2. The molecule has 1 heterocycles. The number of rotatable bonds is 0. The number of hydrogen-bond acceptors (Lipinski definition) is 1. The minimum atomic E-state index is 1.36. The molecule has 2 aromatic carbocycles. The van der Waals surface area contributed by atoms with E-state index in [1.54, 1.807) is 0 Å². The first-order chi connectivity index (χ1) is 5.43. The predicted octanol–water partition coefficient (Wildman–Crippen LogP) is 3.30. The largest absolute Gasteiger partial charge is 0.0877 e. The van der Waals surface area contributed by atoms with Crippen molar-refractivity contribution in [3.63, 3.8) is 0 Å². The lowest BCUT2D eigenvalue weighted by atomic mass is 10.1. The molecule has 3 rings (SSSR count). The number of fused-ring (bicyclic) bond motifs is 2. The van der Waals surface area contributed by atoms with Gasteiger partial charge in [0.15, 0.2) is 0 Å². The summed E-state index contributed by atoms with van der Waals surface area (Å²) < 4.78 is 0. The van der Waals surface area contributed by atoms with Crippen LogP contribution in [0.15, 0.2) is 46.2 Å². The summed E-state index contributed by atoms with van der Waals surface area (Å²) in [5.74, 6) is 0.